The van der Waals surface area contributed by atoms with Crippen molar-refractivity contribution in [3.05, 3.63) is 29.8 Å². The molecule has 1 nitrogen and oxygen atoms in total. The van der Waals surface area contributed by atoms with Gasteiger partial charge in [-0.15, -0.1) is 0 Å². The van der Waals surface area contributed by atoms with Crippen LogP contribution >= 0.6 is 0 Å². The fourth-order valence-corrected chi connectivity index (χ4v) is 2.83. The number of alkyl halides is 3. The number of nitrogens with one attached hydrogen (secondary N) is 1. The molecule has 0 bridgehead atoms. The van der Waals surface area contributed by atoms with Crippen LogP contribution < -0.4 is 5.32 Å². The molecule has 112 valence electrons. The van der Waals surface area contributed by atoms with Crippen LogP contribution in [0, 0.1) is 5.41 Å². The van der Waals surface area contributed by atoms with Crippen molar-refractivity contribution in [2.45, 2.75) is 58.2 Å². The molecule has 0 amide bonds. The molecule has 4 heteroatoms. The van der Waals surface area contributed by atoms with Gasteiger partial charge in [0, 0.05) is 11.7 Å². The highest BCUT2D eigenvalue weighted by atomic mass is 19.4. The van der Waals surface area contributed by atoms with E-state index < -0.39 is 11.7 Å². The molecule has 0 radical (unpaired) electrons. The Morgan fingerprint density at radius 3 is 2.60 bits per heavy atom. The predicted octanol–water partition coefficient (Wildman–Crippen LogP) is 5.48. The molecule has 20 heavy (non-hydrogen) atoms. The van der Waals surface area contributed by atoms with E-state index in [0.717, 1.165) is 31.7 Å². The minimum atomic E-state index is -4.27. The van der Waals surface area contributed by atoms with E-state index in [1.807, 2.05) is 0 Å². The summed E-state index contributed by atoms with van der Waals surface area (Å²) >= 11 is 0. The molecule has 1 N–H and O–H groups in total. The van der Waals surface area contributed by atoms with E-state index in [1.165, 1.54) is 18.6 Å². The summed E-state index contributed by atoms with van der Waals surface area (Å²) in [5.74, 6) is 0. The van der Waals surface area contributed by atoms with Gasteiger partial charge in [0.2, 0.25) is 0 Å². The van der Waals surface area contributed by atoms with Crippen LogP contribution in [0.5, 0.6) is 0 Å². The maximum absolute atomic E-state index is 12.7. The zero-order chi connectivity index (χ0) is 14.8. The van der Waals surface area contributed by atoms with Crippen LogP contribution in [0.4, 0.5) is 18.9 Å². The van der Waals surface area contributed by atoms with E-state index in [9.17, 15) is 13.2 Å². The third-order valence-corrected chi connectivity index (χ3v) is 4.14. The summed E-state index contributed by atoms with van der Waals surface area (Å²) in [5.41, 5.74) is 0.338. The molecule has 1 aromatic rings. The zero-order valence-electron chi connectivity index (χ0n) is 12.1. The lowest BCUT2D eigenvalue weighted by Crippen LogP contribution is -2.19. The molecular formula is C16H22F3N. The second kappa shape index (κ2) is 5.66. The van der Waals surface area contributed by atoms with Crippen molar-refractivity contribution in [3.63, 3.8) is 0 Å². The first-order valence-electron chi connectivity index (χ1n) is 7.20. The van der Waals surface area contributed by atoms with Crippen molar-refractivity contribution >= 4 is 5.69 Å². The monoisotopic (exact) mass is 285 g/mol. The molecule has 0 saturated heterocycles. The Bertz CT molecular complexity index is 451. The smallest absolute Gasteiger partial charge is 0.382 e. The van der Waals surface area contributed by atoms with Crippen molar-refractivity contribution in [1.82, 2.24) is 0 Å². The summed E-state index contributed by atoms with van der Waals surface area (Å²) in [7, 11) is 0. The van der Waals surface area contributed by atoms with E-state index in [4.69, 9.17) is 0 Å². The standard InChI is InChI=1S/C16H22F3N/c1-15(2)9-4-7-13(8-10-15)20-14-6-3-5-12(11-14)16(17,18)19/h3,5-6,11,13,20H,4,7-10H2,1-2H3. The fourth-order valence-electron chi connectivity index (χ4n) is 2.83. The summed E-state index contributed by atoms with van der Waals surface area (Å²) in [4.78, 5) is 0. The summed E-state index contributed by atoms with van der Waals surface area (Å²) < 4.78 is 38.1. The highest BCUT2D eigenvalue weighted by Gasteiger charge is 2.30. The lowest BCUT2D eigenvalue weighted by Gasteiger charge is -2.22. The van der Waals surface area contributed by atoms with Crippen LogP contribution in [-0.2, 0) is 6.18 Å². The van der Waals surface area contributed by atoms with E-state index in [1.54, 1.807) is 6.07 Å². The molecule has 1 fully saturated rings. The summed E-state index contributed by atoms with van der Waals surface area (Å²) in [6, 6.07) is 5.77. The topological polar surface area (TPSA) is 12.0 Å². The van der Waals surface area contributed by atoms with Crippen LogP contribution in [0.1, 0.15) is 51.5 Å². The summed E-state index contributed by atoms with van der Waals surface area (Å²) in [6.45, 7) is 4.53. The SMILES string of the molecule is CC1(C)CCCC(Nc2cccc(C(F)(F)F)c2)CC1. The van der Waals surface area contributed by atoms with Crippen molar-refractivity contribution in [1.29, 1.82) is 0 Å². The Kier molecular flexibility index (Phi) is 4.31. The van der Waals surface area contributed by atoms with Gasteiger partial charge in [0.25, 0.3) is 0 Å². The van der Waals surface area contributed by atoms with Crippen molar-refractivity contribution in [2.24, 2.45) is 5.41 Å². The molecule has 0 heterocycles. The van der Waals surface area contributed by atoms with E-state index in [0.29, 0.717) is 11.1 Å². The van der Waals surface area contributed by atoms with Crippen molar-refractivity contribution < 1.29 is 13.2 Å². The average molecular weight is 285 g/mol. The van der Waals surface area contributed by atoms with Gasteiger partial charge >= 0.3 is 6.18 Å². The number of hydrogen-bond acceptors (Lipinski definition) is 1. The number of rotatable bonds is 2. The predicted molar refractivity (Wildman–Crippen MR) is 75.7 cm³/mol. The Labute approximate surface area is 118 Å². The molecule has 1 aliphatic carbocycles. The van der Waals surface area contributed by atoms with Crippen LogP contribution in [0.25, 0.3) is 0 Å². The molecule has 1 atom stereocenters. The molecule has 1 aliphatic rings. The van der Waals surface area contributed by atoms with Crippen LogP contribution in [-0.4, -0.2) is 6.04 Å². The highest BCUT2D eigenvalue weighted by Crippen LogP contribution is 2.35. The van der Waals surface area contributed by atoms with Crippen molar-refractivity contribution in [2.75, 3.05) is 5.32 Å². The van der Waals surface area contributed by atoms with Gasteiger partial charge in [0.05, 0.1) is 5.56 Å². The summed E-state index contributed by atoms with van der Waals surface area (Å²) in [5, 5.41) is 3.27. The number of anilines is 1. The van der Waals surface area contributed by atoms with Gasteiger partial charge in [-0.05, 0) is 49.3 Å². The molecule has 1 aromatic carbocycles. The van der Waals surface area contributed by atoms with Crippen LogP contribution in [0.15, 0.2) is 24.3 Å². The molecule has 1 saturated carbocycles. The molecule has 2 rings (SSSR count). The molecule has 1 unspecified atom stereocenters. The molecular weight excluding hydrogens is 263 g/mol. The third-order valence-electron chi connectivity index (χ3n) is 4.14. The fraction of sp³-hybridized carbons (Fsp3) is 0.625. The van der Waals surface area contributed by atoms with Gasteiger partial charge in [0.1, 0.15) is 0 Å². The lowest BCUT2D eigenvalue weighted by molar-refractivity contribution is -0.137. The quantitative estimate of drug-likeness (QED) is 0.710. The van der Waals surface area contributed by atoms with E-state index >= 15 is 0 Å². The maximum atomic E-state index is 12.7. The van der Waals surface area contributed by atoms with Crippen LogP contribution in [0.2, 0.25) is 0 Å². The largest absolute Gasteiger partial charge is 0.416 e. The van der Waals surface area contributed by atoms with Gasteiger partial charge in [-0.3, -0.25) is 0 Å². The van der Waals surface area contributed by atoms with Gasteiger partial charge in [-0.25, -0.2) is 0 Å². The van der Waals surface area contributed by atoms with Gasteiger partial charge in [-0.1, -0.05) is 26.3 Å². The number of halogens is 3. The molecule has 0 aliphatic heterocycles. The number of benzene rings is 1. The van der Waals surface area contributed by atoms with E-state index in [2.05, 4.69) is 19.2 Å². The lowest BCUT2D eigenvalue weighted by atomic mass is 9.85. The second-order valence-corrected chi connectivity index (χ2v) is 6.51. The minimum absolute atomic E-state index is 0.278. The van der Waals surface area contributed by atoms with Crippen LogP contribution in [0.3, 0.4) is 0 Å². The molecule has 0 aromatic heterocycles. The zero-order valence-corrected chi connectivity index (χ0v) is 12.1. The first-order valence-corrected chi connectivity index (χ1v) is 7.20. The normalized spacial score (nSPS) is 23.1. The maximum Gasteiger partial charge on any atom is 0.416 e. The Hall–Kier alpha value is -1.19. The average Bonchev–Trinajstić information content (AvgIpc) is 2.50. The third kappa shape index (κ3) is 4.15. The number of hydrogen-bond donors (Lipinski definition) is 1. The van der Waals surface area contributed by atoms with Gasteiger partial charge in [0.15, 0.2) is 0 Å². The van der Waals surface area contributed by atoms with Crippen molar-refractivity contribution in [3.8, 4) is 0 Å². The van der Waals surface area contributed by atoms with Gasteiger partial charge < -0.3 is 5.32 Å². The second-order valence-electron chi connectivity index (χ2n) is 6.51. The van der Waals surface area contributed by atoms with E-state index in [-0.39, 0.29) is 6.04 Å². The Morgan fingerprint density at radius 2 is 1.90 bits per heavy atom. The highest BCUT2D eigenvalue weighted by molar-refractivity contribution is 5.47. The Balaban J connectivity index is 2.03. The molecule has 0 spiro atoms. The first kappa shape index (κ1) is 15.2. The Morgan fingerprint density at radius 1 is 1.15 bits per heavy atom. The summed E-state index contributed by atoms with van der Waals surface area (Å²) in [6.07, 6.45) is 1.20. The van der Waals surface area contributed by atoms with Gasteiger partial charge in [-0.2, -0.15) is 13.2 Å². The minimum Gasteiger partial charge on any atom is -0.382 e. The first-order chi connectivity index (χ1) is 9.26.